The molecule has 0 aliphatic rings. The summed E-state index contributed by atoms with van der Waals surface area (Å²) in [7, 11) is 0. The van der Waals surface area contributed by atoms with Crippen LogP contribution < -0.4 is 15.8 Å². The molecule has 0 aliphatic heterocycles. The second kappa shape index (κ2) is 6.16. The predicted molar refractivity (Wildman–Crippen MR) is 92.0 cm³/mol. The Morgan fingerprint density at radius 2 is 1.64 bits per heavy atom. The number of nitrogens with one attached hydrogen (secondary N) is 1. The van der Waals surface area contributed by atoms with Gasteiger partial charge in [-0.05, 0) is 61.9 Å². The molecule has 3 N–H and O–H groups in total. The van der Waals surface area contributed by atoms with Gasteiger partial charge in [0.15, 0.2) is 0 Å². The van der Waals surface area contributed by atoms with Gasteiger partial charge in [-0.15, -0.1) is 13.2 Å². The molecule has 1 aromatic heterocycles. The number of hydrogen-bond acceptors (Lipinski definition) is 4. The van der Waals surface area contributed by atoms with Crippen molar-refractivity contribution in [2.75, 3.05) is 11.1 Å². The maximum Gasteiger partial charge on any atom is 0.573 e. The van der Waals surface area contributed by atoms with Gasteiger partial charge in [-0.2, -0.15) is 0 Å². The molecule has 3 aromatic rings. The average Bonchev–Trinajstić information content (AvgIpc) is 2.53. The first kappa shape index (κ1) is 16.9. The van der Waals surface area contributed by atoms with Gasteiger partial charge in [0.25, 0.3) is 0 Å². The van der Waals surface area contributed by atoms with Crippen molar-refractivity contribution < 1.29 is 17.9 Å². The fourth-order valence-electron chi connectivity index (χ4n) is 2.50. The molecule has 130 valence electrons. The zero-order chi connectivity index (χ0) is 18.2. The molecule has 4 nitrogen and oxygen atoms in total. The van der Waals surface area contributed by atoms with Crippen LogP contribution in [0.2, 0.25) is 0 Å². The van der Waals surface area contributed by atoms with Crippen molar-refractivity contribution in [2.24, 2.45) is 0 Å². The van der Waals surface area contributed by atoms with Gasteiger partial charge in [0.1, 0.15) is 5.75 Å². The third kappa shape index (κ3) is 3.76. The number of aromatic nitrogens is 1. The lowest BCUT2D eigenvalue weighted by Crippen LogP contribution is -2.16. The Balaban J connectivity index is 1.84. The van der Waals surface area contributed by atoms with E-state index < -0.39 is 6.36 Å². The SMILES string of the molecule is Cc1nc2cc(Nc3ccc(OC(F)(F)F)cc3)ccc2c(N)c1C. The number of hydrogen-bond donors (Lipinski definition) is 2. The lowest BCUT2D eigenvalue weighted by molar-refractivity contribution is -0.274. The summed E-state index contributed by atoms with van der Waals surface area (Å²) in [6.07, 6.45) is -4.70. The molecule has 7 heteroatoms. The molecule has 0 bridgehead atoms. The van der Waals surface area contributed by atoms with E-state index in [1.54, 1.807) is 0 Å². The summed E-state index contributed by atoms with van der Waals surface area (Å²) in [5, 5.41) is 3.99. The van der Waals surface area contributed by atoms with Crippen LogP contribution in [0.1, 0.15) is 11.3 Å². The van der Waals surface area contributed by atoms with Gasteiger partial charge in [-0.25, -0.2) is 0 Å². The Morgan fingerprint density at radius 3 is 2.28 bits per heavy atom. The number of anilines is 3. The second-order valence-corrected chi connectivity index (χ2v) is 5.66. The van der Waals surface area contributed by atoms with Crippen molar-refractivity contribution >= 4 is 28.0 Å². The van der Waals surface area contributed by atoms with Crippen LogP contribution in [0, 0.1) is 13.8 Å². The number of rotatable bonds is 3. The number of benzene rings is 2. The van der Waals surface area contributed by atoms with E-state index in [4.69, 9.17) is 5.73 Å². The highest BCUT2D eigenvalue weighted by atomic mass is 19.4. The Labute approximate surface area is 142 Å². The predicted octanol–water partition coefficient (Wildman–Crippen LogP) is 5.08. The fraction of sp³-hybridized carbons (Fsp3) is 0.167. The summed E-state index contributed by atoms with van der Waals surface area (Å²) >= 11 is 0. The molecule has 0 aliphatic carbocycles. The average molecular weight is 347 g/mol. The lowest BCUT2D eigenvalue weighted by Gasteiger charge is -2.12. The van der Waals surface area contributed by atoms with E-state index >= 15 is 0 Å². The molecular formula is C18H16F3N3O. The zero-order valence-corrected chi connectivity index (χ0v) is 13.6. The van der Waals surface area contributed by atoms with Crippen LogP contribution in [0.25, 0.3) is 10.9 Å². The highest BCUT2D eigenvalue weighted by Crippen LogP contribution is 2.29. The van der Waals surface area contributed by atoms with Crippen LogP contribution in [0.3, 0.4) is 0 Å². The van der Waals surface area contributed by atoms with Gasteiger partial charge in [0.05, 0.1) is 5.52 Å². The molecule has 0 amide bonds. The lowest BCUT2D eigenvalue weighted by atomic mass is 10.1. The maximum atomic E-state index is 12.2. The number of nitrogen functional groups attached to an aromatic ring is 1. The summed E-state index contributed by atoms with van der Waals surface area (Å²) in [5.74, 6) is -0.267. The minimum Gasteiger partial charge on any atom is -0.406 e. The van der Waals surface area contributed by atoms with Crippen molar-refractivity contribution in [1.29, 1.82) is 0 Å². The number of fused-ring (bicyclic) bond motifs is 1. The Hall–Kier alpha value is -2.96. The molecule has 1 heterocycles. The van der Waals surface area contributed by atoms with Crippen LogP contribution in [0.4, 0.5) is 30.2 Å². The van der Waals surface area contributed by atoms with Gasteiger partial charge in [0.2, 0.25) is 0 Å². The van der Waals surface area contributed by atoms with Crippen LogP contribution in [0.15, 0.2) is 42.5 Å². The number of pyridine rings is 1. The summed E-state index contributed by atoms with van der Waals surface area (Å²) in [6.45, 7) is 3.82. The fourth-order valence-corrected chi connectivity index (χ4v) is 2.50. The first-order valence-corrected chi connectivity index (χ1v) is 7.52. The summed E-state index contributed by atoms with van der Waals surface area (Å²) < 4.78 is 40.4. The van der Waals surface area contributed by atoms with Gasteiger partial charge >= 0.3 is 6.36 Å². The van der Waals surface area contributed by atoms with Crippen molar-refractivity contribution in [3.63, 3.8) is 0 Å². The molecule has 0 fully saturated rings. The van der Waals surface area contributed by atoms with Crippen molar-refractivity contribution in [2.45, 2.75) is 20.2 Å². The molecule has 2 aromatic carbocycles. The zero-order valence-electron chi connectivity index (χ0n) is 13.6. The van der Waals surface area contributed by atoms with E-state index in [0.29, 0.717) is 11.4 Å². The molecule has 3 rings (SSSR count). The van der Waals surface area contributed by atoms with E-state index in [1.807, 2.05) is 32.0 Å². The largest absolute Gasteiger partial charge is 0.573 e. The number of nitrogens with two attached hydrogens (primary N) is 1. The van der Waals surface area contributed by atoms with E-state index in [0.717, 1.165) is 27.8 Å². The topological polar surface area (TPSA) is 60.2 Å². The van der Waals surface area contributed by atoms with Crippen LogP contribution in [-0.4, -0.2) is 11.3 Å². The number of alkyl halides is 3. The maximum absolute atomic E-state index is 12.2. The van der Waals surface area contributed by atoms with Gasteiger partial charge in [-0.3, -0.25) is 4.98 Å². The molecule has 0 unspecified atom stereocenters. The number of ether oxygens (including phenoxy) is 1. The minimum atomic E-state index is -4.70. The smallest absolute Gasteiger partial charge is 0.406 e. The Kier molecular flexibility index (Phi) is 4.16. The third-order valence-electron chi connectivity index (χ3n) is 3.90. The number of nitrogens with zero attached hydrogens (tertiary/aromatic N) is 1. The van der Waals surface area contributed by atoms with Crippen molar-refractivity contribution in [3.05, 3.63) is 53.7 Å². The van der Waals surface area contributed by atoms with E-state index in [2.05, 4.69) is 15.0 Å². The monoisotopic (exact) mass is 347 g/mol. The van der Waals surface area contributed by atoms with Gasteiger partial charge < -0.3 is 15.8 Å². The Bertz CT molecular complexity index is 921. The third-order valence-corrected chi connectivity index (χ3v) is 3.90. The van der Waals surface area contributed by atoms with Crippen molar-refractivity contribution in [3.8, 4) is 5.75 Å². The molecule has 0 saturated heterocycles. The molecule has 0 spiro atoms. The number of halogens is 3. The van der Waals surface area contributed by atoms with Crippen LogP contribution in [0.5, 0.6) is 5.75 Å². The molecule has 0 atom stereocenters. The Morgan fingerprint density at radius 1 is 1.00 bits per heavy atom. The quantitative estimate of drug-likeness (QED) is 0.694. The number of aryl methyl sites for hydroxylation is 1. The molecule has 0 saturated carbocycles. The normalized spacial score (nSPS) is 11.6. The van der Waals surface area contributed by atoms with E-state index in [1.165, 1.54) is 24.3 Å². The summed E-state index contributed by atoms with van der Waals surface area (Å²) in [6, 6.07) is 11.1. The first-order chi connectivity index (χ1) is 11.7. The summed E-state index contributed by atoms with van der Waals surface area (Å²) in [5.41, 5.74) is 10.8. The first-order valence-electron chi connectivity index (χ1n) is 7.52. The molecule has 0 radical (unpaired) electrons. The van der Waals surface area contributed by atoms with Crippen LogP contribution >= 0.6 is 0 Å². The highest BCUT2D eigenvalue weighted by Gasteiger charge is 2.30. The molecule has 25 heavy (non-hydrogen) atoms. The van der Waals surface area contributed by atoms with E-state index in [9.17, 15) is 13.2 Å². The summed E-state index contributed by atoms with van der Waals surface area (Å²) in [4.78, 5) is 4.53. The molecular weight excluding hydrogens is 331 g/mol. The standard InChI is InChI=1S/C18H16F3N3O/c1-10-11(2)23-16-9-13(5-8-15(16)17(10)22)24-12-3-6-14(7-4-12)25-18(19,20)21/h3-9,24H,1-2H3,(H2,22,23). The minimum absolute atomic E-state index is 0.267. The van der Waals surface area contributed by atoms with Crippen LogP contribution in [-0.2, 0) is 0 Å². The van der Waals surface area contributed by atoms with Gasteiger partial charge in [-0.1, -0.05) is 0 Å². The van der Waals surface area contributed by atoms with E-state index in [-0.39, 0.29) is 5.75 Å². The second-order valence-electron chi connectivity index (χ2n) is 5.66. The highest BCUT2D eigenvalue weighted by molar-refractivity contribution is 5.94. The van der Waals surface area contributed by atoms with Crippen molar-refractivity contribution in [1.82, 2.24) is 4.98 Å². The van der Waals surface area contributed by atoms with Gasteiger partial charge in [0, 0.05) is 28.1 Å².